The lowest BCUT2D eigenvalue weighted by Gasteiger charge is -2.59. The van der Waals surface area contributed by atoms with Gasteiger partial charge in [-0.2, -0.15) is 13.2 Å². The summed E-state index contributed by atoms with van der Waals surface area (Å²) in [5.74, 6) is -4.69. The van der Waals surface area contributed by atoms with E-state index in [1.165, 1.54) is 0 Å². The number of rotatable bonds is 7. The van der Waals surface area contributed by atoms with Crippen LogP contribution < -0.4 is 5.11 Å². The summed E-state index contributed by atoms with van der Waals surface area (Å²) in [7, 11) is 0. The smallest absolute Gasteiger partial charge is 0.422 e. The van der Waals surface area contributed by atoms with E-state index in [1.807, 2.05) is 0 Å². The highest BCUT2D eigenvalue weighted by Crippen LogP contribution is 2.63. The number of Topliss-reactive ketones (excluding diaryl/α,β-unsaturated/α-hetero) is 1. The van der Waals surface area contributed by atoms with E-state index in [1.54, 1.807) is 0 Å². The van der Waals surface area contributed by atoms with Crippen LogP contribution in [0.25, 0.3) is 0 Å². The van der Waals surface area contributed by atoms with Crippen LogP contribution in [0.15, 0.2) is 0 Å². The monoisotopic (exact) mass is 405 g/mol. The van der Waals surface area contributed by atoms with E-state index in [4.69, 9.17) is 4.74 Å². The molecule has 7 nitrogen and oxygen atoms in total. The van der Waals surface area contributed by atoms with E-state index in [-0.39, 0.29) is 18.3 Å². The number of alkyl halides is 3. The second-order valence-corrected chi connectivity index (χ2v) is 8.30. The molecule has 4 bridgehead atoms. The van der Waals surface area contributed by atoms with Gasteiger partial charge >= 0.3 is 18.1 Å². The highest BCUT2D eigenvalue weighted by Gasteiger charge is 2.63. The third-order valence-electron chi connectivity index (χ3n) is 5.92. The van der Waals surface area contributed by atoms with Crippen LogP contribution in [0.4, 0.5) is 13.2 Å². The molecule has 0 spiro atoms. The Morgan fingerprint density at radius 1 is 1.00 bits per heavy atom. The Kier molecular flexibility index (Phi) is 5.18. The molecule has 0 saturated heterocycles. The van der Waals surface area contributed by atoms with Gasteiger partial charge < -0.3 is 19.4 Å². The van der Waals surface area contributed by atoms with Crippen LogP contribution in [-0.2, 0) is 28.7 Å². The summed E-state index contributed by atoms with van der Waals surface area (Å²) in [5, 5.41) is 10.4. The van der Waals surface area contributed by atoms with Crippen molar-refractivity contribution < 1.29 is 46.9 Å². The van der Waals surface area contributed by atoms with Crippen molar-refractivity contribution in [2.75, 3.05) is 6.61 Å². The Morgan fingerprint density at radius 3 is 2.14 bits per heavy atom. The molecule has 0 aromatic carbocycles. The van der Waals surface area contributed by atoms with Gasteiger partial charge in [0.2, 0.25) is 0 Å². The van der Waals surface area contributed by atoms with E-state index in [0.29, 0.717) is 25.7 Å². The Balaban J connectivity index is 1.67. The summed E-state index contributed by atoms with van der Waals surface area (Å²) in [5.41, 5.74) is -2.08. The largest absolute Gasteiger partial charge is 0.542 e. The summed E-state index contributed by atoms with van der Waals surface area (Å²) in [6.07, 6.45) is -2.90. The topological polar surface area (TPSA) is 110 Å². The number of carbonyl (C=O) groups is 4. The minimum Gasteiger partial charge on any atom is -0.542 e. The number of hydrogen-bond donors (Lipinski definition) is 0. The SMILES string of the molecule is O=C(CCC(=O)C(=O)[O-])OC12CC3CC(C1)CC(C(=O)OCC(F)(F)F)(C3)C2. The van der Waals surface area contributed by atoms with Gasteiger partial charge in [-0.05, 0) is 43.9 Å². The van der Waals surface area contributed by atoms with Crippen molar-refractivity contribution in [2.45, 2.75) is 63.1 Å². The molecule has 2 unspecified atom stereocenters. The lowest BCUT2D eigenvalue weighted by Crippen LogP contribution is -2.60. The number of halogens is 3. The van der Waals surface area contributed by atoms with E-state index in [9.17, 15) is 37.5 Å². The quantitative estimate of drug-likeness (QED) is 0.460. The molecule has 156 valence electrons. The molecular formula is C18H20F3O7-. The van der Waals surface area contributed by atoms with Crippen molar-refractivity contribution in [3.63, 3.8) is 0 Å². The molecular weight excluding hydrogens is 385 g/mol. The van der Waals surface area contributed by atoms with Gasteiger partial charge in [0.05, 0.1) is 11.8 Å². The van der Waals surface area contributed by atoms with Crippen LogP contribution in [0.5, 0.6) is 0 Å². The summed E-state index contributed by atoms with van der Waals surface area (Å²) < 4.78 is 47.4. The fourth-order valence-corrected chi connectivity index (χ4v) is 5.45. The highest BCUT2D eigenvalue weighted by atomic mass is 19.4. The number of carboxylic acids is 1. The zero-order chi connectivity index (χ0) is 20.7. The van der Waals surface area contributed by atoms with Gasteiger partial charge in [-0.1, -0.05) is 0 Å². The van der Waals surface area contributed by atoms with Crippen LogP contribution in [0.3, 0.4) is 0 Å². The number of esters is 2. The Bertz CT molecular complexity index is 686. The minimum absolute atomic E-state index is 0.0392. The fraction of sp³-hybridized carbons (Fsp3) is 0.778. The number of ether oxygens (including phenoxy) is 2. The number of carbonyl (C=O) groups excluding carboxylic acids is 4. The minimum atomic E-state index is -4.62. The molecule has 0 aliphatic heterocycles. The molecule has 0 amide bonds. The molecule has 4 aliphatic carbocycles. The van der Waals surface area contributed by atoms with Gasteiger partial charge in [0.25, 0.3) is 0 Å². The number of hydrogen-bond acceptors (Lipinski definition) is 7. The molecule has 4 aliphatic rings. The van der Waals surface area contributed by atoms with Crippen molar-refractivity contribution in [3.05, 3.63) is 0 Å². The zero-order valence-electron chi connectivity index (χ0n) is 15.0. The molecule has 2 atom stereocenters. The first-order chi connectivity index (χ1) is 12.9. The standard InChI is InChI=1S/C18H21F3O7/c19-18(20,21)9-27-15(26)16-4-10-3-11(5-16)7-17(6-10,8-16)28-13(23)2-1-12(22)14(24)25/h10-11H,1-9H2,(H,24,25)/p-1. The molecule has 4 rings (SSSR count). The first-order valence-electron chi connectivity index (χ1n) is 9.12. The molecule has 0 radical (unpaired) electrons. The van der Waals surface area contributed by atoms with Gasteiger partial charge in [0, 0.05) is 12.8 Å². The van der Waals surface area contributed by atoms with E-state index in [2.05, 4.69) is 4.74 Å². The maximum absolute atomic E-state index is 12.5. The fourth-order valence-electron chi connectivity index (χ4n) is 5.45. The zero-order valence-corrected chi connectivity index (χ0v) is 15.0. The van der Waals surface area contributed by atoms with Crippen LogP contribution in [0.1, 0.15) is 51.4 Å². The summed E-state index contributed by atoms with van der Waals surface area (Å²) in [6, 6.07) is 0. The van der Waals surface area contributed by atoms with Crippen LogP contribution in [0, 0.1) is 17.3 Å². The molecule has 0 N–H and O–H groups in total. The predicted octanol–water partition coefficient (Wildman–Crippen LogP) is 1.07. The second-order valence-electron chi connectivity index (χ2n) is 8.30. The van der Waals surface area contributed by atoms with Gasteiger partial charge in [0.1, 0.15) is 11.6 Å². The molecule has 4 fully saturated rings. The number of aliphatic carboxylic acids is 1. The van der Waals surface area contributed by atoms with Crippen LogP contribution >= 0.6 is 0 Å². The molecule has 0 aromatic rings. The van der Waals surface area contributed by atoms with Gasteiger partial charge in [-0.15, -0.1) is 0 Å². The van der Waals surface area contributed by atoms with Crippen molar-refractivity contribution in [1.29, 1.82) is 0 Å². The van der Waals surface area contributed by atoms with E-state index >= 15 is 0 Å². The van der Waals surface area contributed by atoms with Crippen molar-refractivity contribution in [1.82, 2.24) is 0 Å². The van der Waals surface area contributed by atoms with Crippen molar-refractivity contribution in [3.8, 4) is 0 Å². The molecule has 10 heteroatoms. The van der Waals surface area contributed by atoms with Crippen molar-refractivity contribution in [2.24, 2.45) is 17.3 Å². The third-order valence-corrected chi connectivity index (χ3v) is 5.92. The average molecular weight is 405 g/mol. The maximum atomic E-state index is 12.5. The lowest BCUT2D eigenvalue weighted by atomic mass is 9.48. The lowest BCUT2D eigenvalue weighted by molar-refractivity contribution is -0.300. The Labute approximate surface area is 158 Å². The summed E-state index contributed by atoms with van der Waals surface area (Å²) in [4.78, 5) is 46.1. The number of ketones is 1. The van der Waals surface area contributed by atoms with Gasteiger partial charge in [-0.25, -0.2) is 0 Å². The first kappa shape index (κ1) is 20.6. The predicted molar refractivity (Wildman–Crippen MR) is 82.2 cm³/mol. The van der Waals surface area contributed by atoms with Crippen LogP contribution in [-0.4, -0.2) is 42.1 Å². The van der Waals surface area contributed by atoms with E-state index < -0.39 is 60.3 Å². The highest BCUT2D eigenvalue weighted by molar-refractivity contribution is 6.31. The molecule has 4 saturated carbocycles. The van der Waals surface area contributed by atoms with Crippen LogP contribution in [0.2, 0.25) is 0 Å². The van der Waals surface area contributed by atoms with Gasteiger partial charge in [-0.3, -0.25) is 14.4 Å². The Morgan fingerprint density at radius 2 is 1.61 bits per heavy atom. The second kappa shape index (κ2) is 7.04. The molecule has 0 heterocycles. The first-order valence-corrected chi connectivity index (χ1v) is 9.12. The van der Waals surface area contributed by atoms with Gasteiger partial charge in [0.15, 0.2) is 12.4 Å². The third kappa shape index (κ3) is 4.30. The normalized spacial score (nSPS) is 33.4. The number of carboxylic acid groups (broad SMARTS) is 1. The van der Waals surface area contributed by atoms with Crippen molar-refractivity contribution >= 4 is 23.7 Å². The summed E-state index contributed by atoms with van der Waals surface area (Å²) in [6.45, 7) is -1.65. The van der Waals surface area contributed by atoms with E-state index in [0.717, 1.165) is 6.42 Å². The molecule has 0 aromatic heterocycles. The summed E-state index contributed by atoms with van der Waals surface area (Å²) >= 11 is 0. The molecule has 28 heavy (non-hydrogen) atoms. The average Bonchev–Trinajstić information content (AvgIpc) is 2.55. The maximum Gasteiger partial charge on any atom is 0.422 e. The Hall–Kier alpha value is -2.13.